The molecule has 3 N–H and O–H groups in total. The van der Waals surface area contributed by atoms with Crippen LogP contribution in [0.25, 0.3) is 0 Å². The number of thiocarbonyl (C=S) groups is 1. The summed E-state index contributed by atoms with van der Waals surface area (Å²) < 4.78 is 5.28. The van der Waals surface area contributed by atoms with E-state index in [-0.39, 0.29) is 11.6 Å². The van der Waals surface area contributed by atoms with E-state index in [0.717, 1.165) is 5.56 Å². The molecule has 0 aliphatic heterocycles. The van der Waals surface area contributed by atoms with E-state index in [1.807, 2.05) is 0 Å². The Kier molecular flexibility index (Phi) is 3.73. The van der Waals surface area contributed by atoms with E-state index in [4.69, 9.17) is 18.0 Å². The third-order valence-electron chi connectivity index (χ3n) is 2.17. The lowest BCUT2D eigenvalue weighted by molar-refractivity contribution is 0.101. The van der Waals surface area contributed by atoms with E-state index in [2.05, 4.69) is 30.9 Å². The Labute approximate surface area is 116 Å². The van der Waals surface area contributed by atoms with E-state index < -0.39 is 0 Å². The minimum Gasteiger partial charge on any atom is -0.389 e. The van der Waals surface area contributed by atoms with Crippen molar-refractivity contribution in [3.05, 3.63) is 46.3 Å². The topological polar surface area (TPSA) is 81.1 Å². The van der Waals surface area contributed by atoms with Crippen molar-refractivity contribution in [1.29, 1.82) is 0 Å². The van der Waals surface area contributed by atoms with Crippen LogP contribution in [0.3, 0.4) is 0 Å². The van der Waals surface area contributed by atoms with Crippen LogP contribution in [-0.2, 0) is 0 Å². The number of nitrogens with zero attached hydrogens (tertiary/aromatic N) is 1. The summed E-state index contributed by atoms with van der Waals surface area (Å²) in [6.07, 6.45) is 1.33. The molecule has 1 heterocycles. The van der Waals surface area contributed by atoms with Crippen LogP contribution in [0.2, 0.25) is 0 Å². The largest absolute Gasteiger partial charge is 0.389 e. The monoisotopic (exact) mass is 325 g/mol. The van der Waals surface area contributed by atoms with Crippen LogP contribution in [0.4, 0.5) is 5.69 Å². The first-order chi connectivity index (χ1) is 8.58. The van der Waals surface area contributed by atoms with Crippen molar-refractivity contribution in [2.75, 3.05) is 5.32 Å². The molecule has 0 fully saturated rings. The van der Waals surface area contributed by atoms with E-state index in [1.165, 1.54) is 12.3 Å². The second kappa shape index (κ2) is 5.28. The Morgan fingerprint density at radius 2 is 2.22 bits per heavy atom. The fourth-order valence-corrected chi connectivity index (χ4v) is 1.89. The molecule has 5 nitrogen and oxygen atoms in total. The highest BCUT2D eigenvalue weighted by molar-refractivity contribution is 9.10. The maximum atomic E-state index is 11.7. The molecule has 7 heteroatoms. The Balaban J connectivity index is 2.20. The number of carbonyl (C=O) groups excluding carboxylic acids is 1. The molecule has 0 atom stereocenters. The predicted octanol–water partition coefficient (Wildman–Crippen LogP) is 2.32. The molecule has 0 unspecified atom stereocenters. The summed E-state index contributed by atoms with van der Waals surface area (Å²) in [6.45, 7) is 0. The van der Waals surface area contributed by atoms with Gasteiger partial charge in [-0.05, 0) is 34.1 Å². The number of halogens is 1. The van der Waals surface area contributed by atoms with Gasteiger partial charge in [0.25, 0.3) is 5.91 Å². The number of nitrogens with two attached hydrogens (primary N) is 1. The number of anilines is 1. The van der Waals surface area contributed by atoms with Crippen molar-refractivity contribution in [1.82, 2.24) is 5.16 Å². The van der Waals surface area contributed by atoms with Crippen LogP contribution in [0.1, 0.15) is 16.1 Å². The summed E-state index contributed by atoms with van der Waals surface area (Å²) in [6, 6.07) is 6.65. The van der Waals surface area contributed by atoms with Crippen molar-refractivity contribution in [3.63, 3.8) is 0 Å². The smallest absolute Gasteiger partial charge is 0.277 e. The number of amides is 1. The van der Waals surface area contributed by atoms with Crippen molar-refractivity contribution < 1.29 is 9.32 Å². The second-order valence-electron chi connectivity index (χ2n) is 3.40. The van der Waals surface area contributed by atoms with Gasteiger partial charge >= 0.3 is 0 Å². The quantitative estimate of drug-likeness (QED) is 0.846. The maximum absolute atomic E-state index is 11.7. The van der Waals surface area contributed by atoms with E-state index >= 15 is 0 Å². The highest BCUT2D eigenvalue weighted by atomic mass is 79.9. The maximum Gasteiger partial charge on any atom is 0.277 e. The summed E-state index contributed by atoms with van der Waals surface area (Å²) in [5.41, 5.74) is 7.04. The third kappa shape index (κ3) is 2.74. The zero-order valence-electron chi connectivity index (χ0n) is 9.01. The standard InChI is InChI=1S/C11H8BrN3O2S/c12-7-5-6(10(13)18)1-2-8(7)14-11(16)9-3-4-17-15-9/h1-5H,(H2,13,18)(H,14,16). The number of hydrogen-bond donors (Lipinski definition) is 2. The molecule has 1 aromatic carbocycles. The molecule has 1 amide bonds. The van der Waals surface area contributed by atoms with Crippen LogP contribution >= 0.6 is 28.1 Å². The first-order valence-corrected chi connectivity index (χ1v) is 6.09. The first kappa shape index (κ1) is 12.7. The van der Waals surface area contributed by atoms with Crippen LogP contribution in [-0.4, -0.2) is 16.1 Å². The second-order valence-corrected chi connectivity index (χ2v) is 4.69. The number of carbonyl (C=O) groups is 1. The van der Waals surface area contributed by atoms with E-state index in [0.29, 0.717) is 15.1 Å². The summed E-state index contributed by atoms with van der Waals surface area (Å²) in [5.74, 6) is -0.354. The molecule has 1 aromatic heterocycles. The molecule has 2 rings (SSSR count). The van der Waals surface area contributed by atoms with Crippen LogP contribution in [0, 0.1) is 0 Å². The van der Waals surface area contributed by atoms with Gasteiger partial charge in [-0.1, -0.05) is 17.4 Å². The molecular formula is C11H8BrN3O2S. The van der Waals surface area contributed by atoms with Crippen LogP contribution < -0.4 is 11.1 Å². The van der Waals surface area contributed by atoms with Crippen molar-refractivity contribution in [3.8, 4) is 0 Å². The number of aromatic nitrogens is 1. The lowest BCUT2D eigenvalue weighted by atomic mass is 10.2. The first-order valence-electron chi connectivity index (χ1n) is 4.89. The molecular weight excluding hydrogens is 318 g/mol. The summed E-state index contributed by atoms with van der Waals surface area (Å²) in [7, 11) is 0. The van der Waals surface area contributed by atoms with Gasteiger partial charge in [-0.2, -0.15) is 0 Å². The highest BCUT2D eigenvalue weighted by Gasteiger charge is 2.11. The Morgan fingerprint density at radius 1 is 1.44 bits per heavy atom. The minimum atomic E-state index is -0.354. The van der Waals surface area contributed by atoms with Gasteiger partial charge in [-0.25, -0.2) is 0 Å². The van der Waals surface area contributed by atoms with Gasteiger partial charge in [0.15, 0.2) is 5.69 Å². The SMILES string of the molecule is NC(=S)c1ccc(NC(=O)c2ccon2)c(Br)c1. The third-order valence-corrected chi connectivity index (χ3v) is 3.06. The molecule has 0 aliphatic rings. The number of rotatable bonds is 3. The van der Waals surface area contributed by atoms with Crippen LogP contribution in [0.5, 0.6) is 0 Å². The summed E-state index contributed by atoms with van der Waals surface area (Å²) in [5, 5.41) is 6.23. The summed E-state index contributed by atoms with van der Waals surface area (Å²) in [4.78, 5) is 12.0. The summed E-state index contributed by atoms with van der Waals surface area (Å²) >= 11 is 8.20. The van der Waals surface area contributed by atoms with Gasteiger partial charge < -0.3 is 15.6 Å². The molecule has 92 valence electrons. The van der Waals surface area contributed by atoms with Gasteiger partial charge in [-0.3, -0.25) is 4.79 Å². The lowest BCUT2D eigenvalue weighted by Gasteiger charge is -2.07. The molecule has 2 aromatic rings. The Morgan fingerprint density at radius 3 is 2.78 bits per heavy atom. The average Bonchev–Trinajstić information content (AvgIpc) is 2.85. The molecule has 0 saturated heterocycles. The zero-order valence-corrected chi connectivity index (χ0v) is 11.4. The van der Waals surface area contributed by atoms with Gasteiger partial charge in [0.1, 0.15) is 11.3 Å². The van der Waals surface area contributed by atoms with Crippen LogP contribution in [0.15, 0.2) is 39.5 Å². The van der Waals surface area contributed by atoms with Crippen molar-refractivity contribution in [2.45, 2.75) is 0 Å². The normalized spacial score (nSPS) is 10.1. The molecule has 0 spiro atoms. The van der Waals surface area contributed by atoms with Gasteiger partial charge in [0, 0.05) is 16.1 Å². The fraction of sp³-hybridized carbons (Fsp3) is 0. The predicted molar refractivity (Wildman–Crippen MR) is 74.5 cm³/mol. The lowest BCUT2D eigenvalue weighted by Crippen LogP contribution is -2.13. The Bertz CT molecular complexity index is 598. The number of nitrogens with one attached hydrogen (secondary N) is 1. The molecule has 0 saturated carbocycles. The van der Waals surface area contributed by atoms with Gasteiger partial charge in [-0.15, -0.1) is 0 Å². The van der Waals surface area contributed by atoms with Crippen molar-refractivity contribution in [2.24, 2.45) is 5.73 Å². The Hall–Kier alpha value is -1.73. The molecule has 0 radical (unpaired) electrons. The number of hydrogen-bond acceptors (Lipinski definition) is 4. The molecule has 0 bridgehead atoms. The van der Waals surface area contributed by atoms with Gasteiger partial charge in [0.2, 0.25) is 0 Å². The van der Waals surface area contributed by atoms with E-state index in [1.54, 1.807) is 18.2 Å². The average molecular weight is 326 g/mol. The van der Waals surface area contributed by atoms with Crippen molar-refractivity contribution >= 4 is 44.7 Å². The fourth-order valence-electron chi connectivity index (χ4n) is 1.29. The minimum absolute atomic E-state index is 0.209. The van der Waals surface area contributed by atoms with Gasteiger partial charge in [0.05, 0.1) is 5.69 Å². The van der Waals surface area contributed by atoms with E-state index in [9.17, 15) is 4.79 Å². The number of benzene rings is 1. The zero-order chi connectivity index (χ0) is 13.1. The molecule has 0 aliphatic carbocycles. The highest BCUT2D eigenvalue weighted by Crippen LogP contribution is 2.24. The molecule has 18 heavy (non-hydrogen) atoms.